The van der Waals surface area contributed by atoms with E-state index in [1.807, 2.05) is 0 Å². The third kappa shape index (κ3) is 2.63. The summed E-state index contributed by atoms with van der Waals surface area (Å²) in [4.78, 5) is 9.88. The van der Waals surface area contributed by atoms with Crippen LogP contribution in [-0.2, 0) is 14.9 Å². The van der Waals surface area contributed by atoms with Gasteiger partial charge < -0.3 is 5.11 Å². The van der Waals surface area contributed by atoms with Gasteiger partial charge in [-0.1, -0.05) is 6.92 Å². The van der Waals surface area contributed by atoms with Crippen molar-refractivity contribution in [1.29, 1.82) is 0 Å². The Labute approximate surface area is 70.5 Å². The van der Waals surface area contributed by atoms with Crippen LogP contribution in [0.15, 0.2) is 10.5 Å². The topological polar surface area (TPSA) is 91.7 Å². The highest BCUT2D eigenvalue weighted by atomic mass is 32.2. The van der Waals surface area contributed by atoms with Crippen LogP contribution in [0.3, 0.4) is 0 Å². The first-order valence-electron chi connectivity index (χ1n) is 3.21. The lowest BCUT2D eigenvalue weighted by molar-refractivity contribution is -0.132. The molecule has 0 aliphatic rings. The van der Waals surface area contributed by atoms with Gasteiger partial charge in [-0.25, -0.2) is 4.79 Å². The molecular formula is C6H10O5S. The molecule has 0 aliphatic heterocycles. The van der Waals surface area contributed by atoms with E-state index in [1.54, 1.807) is 0 Å². The largest absolute Gasteiger partial charge is 0.478 e. The molecule has 0 bridgehead atoms. The van der Waals surface area contributed by atoms with Gasteiger partial charge in [-0.3, -0.25) is 4.55 Å². The standard InChI is InChI=1S/C6H10O5S/c1-3-5(6(7)8)4(2)12(9,10)11/h3H2,1-2H3,(H,7,8)(H,9,10,11). The molecule has 12 heavy (non-hydrogen) atoms. The van der Waals surface area contributed by atoms with Gasteiger partial charge in [-0.05, 0) is 13.3 Å². The van der Waals surface area contributed by atoms with E-state index in [9.17, 15) is 13.2 Å². The summed E-state index contributed by atoms with van der Waals surface area (Å²) in [5, 5.41) is 8.47. The van der Waals surface area contributed by atoms with E-state index >= 15 is 0 Å². The zero-order valence-electron chi connectivity index (χ0n) is 6.73. The Hall–Kier alpha value is -0.880. The minimum absolute atomic E-state index is 0.0565. The van der Waals surface area contributed by atoms with Gasteiger partial charge in [0.1, 0.15) is 0 Å². The summed E-state index contributed by atoms with van der Waals surface area (Å²) in [6, 6.07) is 0. The van der Waals surface area contributed by atoms with Crippen LogP contribution in [0.5, 0.6) is 0 Å². The fraction of sp³-hybridized carbons (Fsp3) is 0.500. The molecule has 0 aromatic heterocycles. The number of hydrogen-bond acceptors (Lipinski definition) is 3. The van der Waals surface area contributed by atoms with Crippen molar-refractivity contribution >= 4 is 16.1 Å². The van der Waals surface area contributed by atoms with Crippen molar-refractivity contribution in [1.82, 2.24) is 0 Å². The zero-order chi connectivity index (χ0) is 9.94. The van der Waals surface area contributed by atoms with E-state index in [4.69, 9.17) is 9.66 Å². The maximum atomic E-state index is 10.5. The van der Waals surface area contributed by atoms with Crippen molar-refractivity contribution in [2.45, 2.75) is 20.3 Å². The van der Waals surface area contributed by atoms with Gasteiger partial charge in [0.25, 0.3) is 10.1 Å². The number of rotatable bonds is 3. The number of aliphatic carboxylic acids is 1. The fourth-order valence-electron chi connectivity index (χ4n) is 0.706. The van der Waals surface area contributed by atoms with Gasteiger partial charge in [0.05, 0.1) is 10.5 Å². The molecular weight excluding hydrogens is 184 g/mol. The van der Waals surface area contributed by atoms with Crippen LogP contribution in [0.2, 0.25) is 0 Å². The molecule has 0 atom stereocenters. The summed E-state index contributed by atoms with van der Waals surface area (Å²) in [6.45, 7) is 2.56. The maximum Gasteiger partial charge on any atom is 0.332 e. The molecule has 0 rings (SSSR count). The molecule has 0 aliphatic carbocycles. The van der Waals surface area contributed by atoms with Crippen molar-refractivity contribution in [3.63, 3.8) is 0 Å². The summed E-state index contributed by atoms with van der Waals surface area (Å²) >= 11 is 0. The summed E-state index contributed by atoms with van der Waals surface area (Å²) in [5.74, 6) is -1.33. The van der Waals surface area contributed by atoms with Gasteiger partial charge in [0.2, 0.25) is 0 Å². The van der Waals surface area contributed by atoms with E-state index in [0.717, 1.165) is 6.92 Å². The lowest BCUT2D eigenvalue weighted by Crippen LogP contribution is -2.08. The molecule has 0 heterocycles. The number of hydrogen-bond donors (Lipinski definition) is 2. The highest BCUT2D eigenvalue weighted by molar-refractivity contribution is 7.89. The second-order valence-electron chi connectivity index (χ2n) is 2.17. The third-order valence-corrected chi connectivity index (χ3v) is 2.44. The molecule has 2 N–H and O–H groups in total. The van der Waals surface area contributed by atoms with E-state index in [-0.39, 0.29) is 12.0 Å². The molecule has 0 unspecified atom stereocenters. The van der Waals surface area contributed by atoms with Crippen molar-refractivity contribution in [3.05, 3.63) is 10.5 Å². The van der Waals surface area contributed by atoms with Gasteiger partial charge in [-0.2, -0.15) is 8.42 Å². The summed E-state index contributed by atoms with van der Waals surface area (Å²) in [7, 11) is -4.36. The molecule has 0 aromatic rings. The first-order chi connectivity index (χ1) is 5.30. The number of carboxylic acid groups (broad SMARTS) is 1. The first kappa shape index (κ1) is 11.1. The summed E-state index contributed by atoms with van der Waals surface area (Å²) < 4.78 is 29.4. The minimum Gasteiger partial charge on any atom is -0.478 e. The summed E-state index contributed by atoms with van der Waals surface area (Å²) in [5.41, 5.74) is -0.294. The van der Waals surface area contributed by atoms with Crippen LogP contribution in [0.25, 0.3) is 0 Å². The predicted molar refractivity (Wildman–Crippen MR) is 42.2 cm³/mol. The van der Waals surface area contributed by atoms with Gasteiger partial charge in [-0.15, -0.1) is 0 Å². The van der Waals surface area contributed by atoms with Crippen LogP contribution in [0.1, 0.15) is 20.3 Å². The molecule has 0 saturated carbocycles. The van der Waals surface area contributed by atoms with Crippen LogP contribution in [-0.4, -0.2) is 24.0 Å². The van der Waals surface area contributed by atoms with E-state index in [2.05, 4.69) is 0 Å². The Morgan fingerprint density at radius 1 is 1.42 bits per heavy atom. The average molecular weight is 194 g/mol. The monoisotopic (exact) mass is 194 g/mol. The molecule has 5 nitrogen and oxygen atoms in total. The number of allylic oxidation sites excluding steroid dienone is 1. The van der Waals surface area contributed by atoms with E-state index in [1.165, 1.54) is 6.92 Å². The molecule has 0 saturated heterocycles. The van der Waals surface area contributed by atoms with Gasteiger partial charge >= 0.3 is 5.97 Å². The van der Waals surface area contributed by atoms with E-state index < -0.39 is 21.0 Å². The Bertz CT molecular complexity index is 311. The predicted octanol–water partition coefficient (Wildman–Crippen LogP) is 0.643. The quantitative estimate of drug-likeness (QED) is 0.508. The van der Waals surface area contributed by atoms with Crippen molar-refractivity contribution in [3.8, 4) is 0 Å². The van der Waals surface area contributed by atoms with E-state index in [0.29, 0.717) is 0 Å². The first-order valence-corrected chi connectivity index (χ1v) is 4.65. The molecule has 0 amide bonds. The van der Waals surface area contributed by atoms with Crippen molar-refractivity contribution < 1.29 is 22.9 Å². The summed E-state index contributed by atoms with van der Waals surface area (Å²) in [6.07, 6.45) is 0.0565. The van der Waals surface area contributed by atoms with Crippen molar-refractivity contribution in [2.75, 3.05) is 0 Å². The average Bonchev–Trinajstić information content (AvgIpc) is 1.86. The molecule has 0 spiro atoms. The minimum atomic E-state index is -4.36. The van der Waals surface area contributed by atoms with Gasteiger partial charge in [0, 0.05) is 0 Å². The Morgan fingerprint density at radius 3 is 1.92 bits per heavy atom. The number of carbonyl (C=O) groups is 1. The molecule has 0 fully saturated rings. The zero-order valence-corrected chi connectivity index (χ0v) is 7.55. The van der Waals surface area contributed by atoms with Crippen LogP contribution < -0.4 is 0 Å². The third-order valence-electron chi connectivity index (χ3n) is 1.42. The molecule has 6 heteroatoms. The second kappa shape index (κ2) is 3.68. The SMILES string of the molecule is CCC(C(=O)O)=C(C)S(=O)(=O)O. The molecule has 70 valence electrons. The Morgan fingerprint density at radius 2 is 1.83 bits per heavy atom. The Kier molecular flexibility index (Phi) is 3.41. The van der Waals surface area contributed by atoms with Crippen LogP contribution in [0, 0.1) is 0 Å². The lowest BCUT2D eigenvalue weighted by Gasteiger charge is -2.01. The Balaban J connectivity index is 5.29. The maximum absolute atomic E-state index is 10.5. The highest BCUT2D eigenvalue weighted by Crippen LogP contribution is 2.13. The highest BCUT2D eigenvalue weighted by Gasteiger charge is 2.17. The second-order valence-corrected chi connectivity index (χ2v) is 3.73. The normalized spacial score (nSPS) is 13.9. The smallest absolute Gasteiger partial charge is 0.332 e. The molecule has 0 radical (unpaired) electrons. The number of carboxylic acids is 1. The molecule has 0 aromatic carbocycles. The van der Waals surface area contributed by atoms with Crippen LogP contribution in [0.4, 0.5) is 0 Å². The van der Waals surface area contributed by atoms with Gasteiger partial charge in [0.15, 0.2) is 0 Å². The van der Waals surface area contributed by atoms with Crippen molar-refractivity contribution in [2.24, 2.45) is 0 Å². The lowest BCUT2D eigenvalue weighted by atomic mass is 10.2. The van der Waals surface area contributed by atoms with Crippen LogP contribution >= 0.6 is 0 Å². The fourth-order valence-corrected chi connectivity index (χ4v) is 1.25.